The van der Waals surface area contributed by atoms with Gasteiger partial charge in [0.2, 0.25) is 0 Å². The Morgan fingerprint density at radius 2 is 1.66 bits per heavy atom. The summed E-state index contributed by atoms with van der Waals surface area (Å²) < 4.78 is 14.0. The van der Waals surface area contributed by atoms with Crippen molar-refractivity contribution in [3.8, 4) is 0 Å². The third-order valence-electron chi connectivity index (χ3n) is 5.57. The number of halogens is 1. The van der Waals surface area contributed by atoms with E-state index in [0.29, 0.717) is 25.2 Å². The van der Waals surface area contributed by atoms with Crippen LogP contribution in [-0.2, 0) is 6.54 Å². The lowest BCUT2D eigenvalue weighted by atomic mass is 10.1. The molecule has 3 aromatic carbocycles. The van der Waals surface area contributed by atoms with E-state index in [1.54, 1.807) is 32.0 Å². The van der Waals surface area contributed by atoms with E-state index in [9.17, 15) is 24.2 Å². The molecule has 0 saturated carbocycles. The first-order chi connectivity index (χ1) is 18.1. The third kappa shape index (κ3) is 8.88. The minimum atomic E-state index is -0.677. The second-order valence-corrected chi connectivity index (χ2v) is 9.35. The van der Waals surface area contributed by atoms with Gasteiger partial charge in [0.15, 0.2) is 0 Å². The van der Waals surface area contributed by atoms with E-state index in [1.807, 2.05) is 42.2 Å². The molecule has 38 heavy (non-hydrogen) atoms. The summed E-state index contributed by atoms with van der Waals surface area (Å²) in [7, 11) is 0. The smallest absolute Gasteiger partial charge is 0.273 e. The minimum Gasteiger partial charge on any atom is -0.392 e. The van der Waals surface area contributed by atoms with E-state index >= 15 is 0 Å². The minimum absolute atomic E-state index is 0.0735. The number of carbonyl (C=O) groups excluding carboxylic acids is 2. The van der Waals surface area contributed by atoms with Crippen LogP contribution in [0.15, 0.2) is 71.8 Å². The number of hydrogen-bond acceptors (Lipinski definition) is 6. The molecule has 0 fully saturated rings. The van der Waals surface area contributed by atoms with Gasteiger partial charge in [-0.1, -0.05) is 42.0 Å². The van der Waals surface area contributed by atoms with Gasteiger partial charge in [0, 0.05) is 25.2 Å². The molecule has 2 amide bonds. The molecular formula is C29H33FN4O4. The van der Waals surface area contributed by atoms with Crippen molar-refractivity contribution < 1.29 is 24.2 Å². The first-order valence-corrected chi connectivity index (χ1v) is 12.3. The summed E-state index contributed by atoms with van der Waals surface area (Å²) in [6, 6.07) is 17.9. The zero-order valence-electron chi connectivity index (χ0n) is 21.7. The van der Waals surface area contributed by atoms with Gasteiger partial charge in [-0.2, -0.15) is 5.10 Å². The SMILES string of the molecule is Cc1ccc(/C=N/NC(=O)c2cc(F)ccc2NC(=O)c2cccc(CN(CC(C)O)CC(C)O)c2)cc1. The first kappa shape index (κ1) is 28.6. The van der Waals surface area contributed by atoms with Gasteiger partial charge in [0.1, 0.15) is 5.82 Å². The summed E-state index contributed by atoms with van der Waals surface area (Å²) in [6.07, 6.45) is 0.313. The molecule has 0 heterocycles. The van der Waals surface area contributed by atoms with Crippen LogP contribution < -0.4 is 10.7 Å². The molecule has 0 aliphatic rings. The summed E-state index contributed by atoms with van der Waals surface area (Å²) in [4.78, 5) is 27.7. The number of aliphatic hydroxyl groups excluding tert-OH is 2. The number of nitrogens with zero attached hydrogens (tertiary/aromatic N) is 2. The second kappa shape index (κ2) is 13.6. The molecule has 0 bridgehead atoms. The Hall–Kier alpha value is -3.92. The van der Waals surface area contributed by atoms with Crippen molar-refractivity contribution in [1.82, 2.24) is 10.3 Å². The molecule has 0 aliphatic heterocycles. The zero-order valence-corrected chi connectivity index (χ0v) is 21.7. The number of anilines is 1. The predicted octanol–water partition coefficient (Wildman–Crippen LogP) is 3.71. The molecule has 0 aliphatic carbocycles. The van der Waals surface area contributed by atoms with Crippen LogP contribution in [0.2, 0.25) is 0 Å². The molecule has 2 unspecified atom stereocenters. The predicted molar refractivity (Wildman–Crippen MR) is 146 cm³/mol. The fourth-order valence-electron chi connectivity index (χ4n) is 3.91. The van der Waals surface area contributed by atoms with Crippen molar-refractivity contribution >= 4 is 23.7 Å². The summed E-state index contributed by atoms with van der Waals surface area (Å²) in [5.41, 5.74) is 5.45. The third-order valence-corrected chi connectivity index (χ3v) is 5.57. The molecule has 8 nitrogen and oxygen atoms in total. The highest BCUT2D eigenvalue weighted by Gasteiger charge is 2.17. The highest BCUT2D eigenvalue weighted by Crippen LogP contribution is 2.19. The van der Waals surface area contributed by atoms with Gasteiger partial charge >= 0.3 is 0 Å². The maximum absolute atomic E-state index is 14.0. The molecule has 0 saturated heterocycles. The Balaban J connectivity index is 1.73. The van der Waals surface area contributed by atoms with Gasteiger partial charge in [-0.05, 0) is 62.2 Å². The van der Waals surface area contributed by atoms with E-state index in [2.05, 4.69) is 15.8 Å². The highest BCUT2D eigenvalue weighted by molar-refractivity contribution is 6.09. The van der Waals surface area contributed by atoms with E-state index in [0.717, 1.165) is 28.8 Å². The molecule has 200 valence electrons. The van der Waals surface area contributed by atoms with Gasteiger partial charge in [-0.25, -0.2) is 9.82 Å². The van der Waals surface area contributed by atoms with E-state index < -0.39 is 29.8 Å². The number of hydrazone groups is 1. The molecular weight excluding hydrogens is 487 g/mol. The van der Waals surface area contributed by atoms with Crippen LogP contribution in [0.1, 0.15) is 51.3 Å². The van der Waals surface area contributed by atoms with E-state index in [4.69, 9.17) is 0 Å². The number of amides is 2. The van der Waals surface area contributed by atoms with Crippen molar-refractivity contribution in [2.75, 3.05) is 18.4 Å². The number of rotatable bonds is 11. The summed E-state index contributed by atoms with van der Waals surface area (Å²) in [5.74, 6) is -1.79. The molecule has 9 heteroatoms. The van der Waals surface area contributed by atoms with Gasteiger partial charge in [-0.15, -0.1) is 0 Å². The molecule has 0 aromatic heterocycles. The monoisotopic (exact) mass is 520 g/mol. The molecule has 3 rings (SSSR count). The van der Waals surface area contributed by atoms with Crippen LogP contribution in [0.5, 0.6) is 0 Å². The van der Waals surface area contributed by atoms with Crippen molar-refractivity contribution in [2.45, 2.75) is 39.5 Å². The Morgan fingerprint density at radius 3 is 2.32 bits per heavy atom. The summed E-state index contributed by atoms with van der Waals surface area (Å²) >= 11 is 0. The van der Waals surface area contributed by atoms with Crippen LogP contribution in [0.3, 0.4) is 0 Å². The van der Waals surface area contributed by atoms with Crippen LogP contribution in [0.4, 0.5) is 10.1 Å². The molecule has 0 spiro atoms. The fourth-order valence-corrected chi connectivity index (χ4v) is 3.91. The highest BCUT2D eigenvalue weighted by atomic mass is 19.1. The van der Waals surface area contributed by atoms with Crippen LogP contribution in [0.25, 0.3) is 0 Å². The Kier molecular flexibility index (Phi) is 10.2. The maximum Gasteiger partial charge on any atom is 0.273 e. The second-order valence-electron chi connectivity index (χ2n) is 9.35. The van der Waals surface area contributed by atoms with Gasteiger partial charge in [-0.3, -0.25) is 14.5 Å². The number of carbonyl (C=O) groups is 2. The summed E-state index contributed by atoms with van der Waals surface area (Å²) in [6.45, 7) is 6.44. The summed E-state index contributed by atoms with van der Waals surface area (Å²) in [5, 5.41) is 26.2. The number of benzene rings is 3. The molecule has 4 N–H and O–H groups in total. The Bertz CT molecular complexity index is 1270. The molecule has 0 radical (unpaired) electrons. The first-order valence-electron chi connectivity index (χ1n) is 12.3. The van der Waals surface area contributed by atoms with Crippen LogP contribution >= 0.6 is 0 Å². The molecule has 3 aromatic rings. The molecule has 2 atom stereocenters. The lowest BCUT2D eigenvalue weighted by molar-refractivity contribution is 0.0793. The fraction of sp³-hybridized carbons (Fsp3) is 0.276. The maximum atomic E-state index is 14.0. The van der Waals surface area contributed by atoms with E-state index in [-0.39, 0.29) is 11.3 Å². The number of aryl methyl sites for hydroxylation is 1. The zero-order chi connectivity index (χ0) is 27.7. The van der Waals surface area contributed by atoms with E-state index in [1.165, 1.54) is 12.3 Å². The quantitative estimate of drug-likeness (QED) is 0.227. The van der Waals surface area contributed by atoms with Crippen LogP contribution in [0, 0.1) is 12.7 Å². The van der Waals surface area contributed by atoms with Gasteiger partial charge < -0.3 is 15.5 Å². The average molecular weight is 521 g/mol. The lowest BCUT2D eigenvalue weighted by Crippen LogP contribution is -2.35. The van der Waals surface area contributed by atoms with Crippen LogP contribution in [-0.4, -0.2) is 58.4 Å². The Labute approximate surface area is 221 Å². The van der Waals surface area contributed by atoms with Crippen molar-refractivity contribution in [3.05, 3.63) is 100 Å². The van der Waals surface area contributed by atoms with Crippen molar-refractivity contribution in [2.24, 2.45) is 5.10 Å². The largest absolute Gasteiger partial charge is 0.392 e. The normalized spacial score (nSPS) is 12.9. The topological polar surface area (TPSA) is 114 Å². The average Bonchev–Trinajstić information content (AvgIpc) is 2.85. The van der Waals surface area contributed by atoms with Crippen molar-refractivity contribution in [1.29, 1.82) is 0 Å². The number of aliphatic hydroxyl groups is 2. The van der Waals surface area contributed by atoms with Gasteiger partial charge in [0.05, 0.1) is 29.7 Å². The van der Waals surface area contributed by atoms with Crippen molar-refractivity contribution in [3.63, 3.8) is 0 Å². The number of nitrogens with one attached hydrogen (secondary N) is 2. The lowest BCUT2D eigenvalue weighted by Gasteiger charge is -2.25. The number of hydrogen-bond donors (Lipinski definition) is 4. The standard InChI is InChI=1S/C29H33FN4O4/c1-19-7-9-22(10-8-19)15-31-33-29(38)26-14-25(30)11-12-27(26)32-28(37)24-6-4-5-23(13-24)18-34(16-20(2)35)17-21(3)36/h4-15,20-21,35-36H,16-18H2,1-3H3,(H,32,37)(H,33,38)/b31-15+. The Morgan fingerprint density at radius 1 is 0.974 bits per heavy atom. The van der Waals surface area contributed by atoms with Gasteiger partial charge in [0.25, 0.3) is 11.8 Å².